The van der Waals surface area contributed by atoms with Crippen LogP contribution in [-0.2, 0) is 0 Å². The van der Waals surface area contributed by atoms with Crippen molar-refractivity contribution < 1.29 is 4.42 Å². The molecule has 3 aromatic rings. The summed E-state index contributed by atoms with van der Waals surface area (Å²) in [5.41, 5.74) is 7.91. The number of fused-ring (bicyclic) bond motifs is 1. The highest BCUT2D eigenvalue weighted by Gasteiger charge is 2.14. The molecule has 0 saturated carbocycles. The molecule has 0 fully saturated rings. The number of nitrogens with two attached hydrogens (primary N) is 1. The number of hydrogen-bond acceptors (Lipinski definition) is 5. The molecule has 0 atom stereocenters. The fourth-order valence-corrected chi connectivity index (χ4v) is 1.95. The van der Waals surface area contributed by atoms with Gasteiger partial charge in [0.15, 0.2) is 5.58 Å². The summed E-state index contributed by atoms with van der Waals surface area (Å²) in [6.07, 6.45) is 0. The van der Waals surface area contributed by atoms with Crippen LogP contribution in [0, 0.1) is 6.92 Å². The lowest BCUT2D eigenvalue weighted by Gasteiger charge is -1.96. The molecule has 0 saturated heterocycles. The highest BCUT2D eigenvalue weighted by molar-refractivity contribution is 6.33. The van der Waals surface area contributed by atoms with E-state index >= 15 is 0 Å². The molecule has 3 rings (SSSR count). The van der Waals surface area contributed by atoms with Crippen molar-refractivity contribution in [1.29, 1.82) is 0 Å². The lowest BCUT2D eigenvalue weighted by Crippen LogP contribution is -1.96. The summed E-state index contributed by atoms with van der Waals surface area (Å²) in [6, 6.07) is 7.32. The number of benzene rings is 1. The summed E-state index contributed by atoms with van der Waals surface area (Å²) < 4.78 is 5.64. The van der Waals surface area contributed by atoms with Crippen LogP contribution in [0.15, 0.2) is 28.7 Å². The van der Waals surface area contributed by atoms with Gasteiger partial charge < -0.3 is 10.2 Å². The van der Waals surface area contributed by atoms with Crippen molar-refractivity contribution in [1.82, 2.24) is 15.0 Å². The number of aryl methyl sites for hydroxylation is 1. The van der Waals surface area contributed by atoms with E-state index in [1.54, 1.807) is 13.0 Å². The van der Waals surface area contributed by atoms with Crippen LogP contribution in [-0.4, -0.2) is 15.0 Å². The van der Waals surface area contributed by atoms with E-state index < -0.39 is 0 Å². The van der Waals surface area contributed by atoms with Crippen LogP contribution in [0.1, 0.15) is 5.69 Å². The van der Waals surface area contributed by atoms with Gasteiger partial charge in [-0.15, -0.1) is 0 Å². The number of nitrogens with zero attached hydrogens (tertiary/aromatic N) is 3. The van der Waals surface area contributed by atoms with Gasteiger partial charge in [0.05, 0.1) is 16.3 Å². The summed E-state index contributed by atoms with van der Waals surface area (Å²) in [7, 11) is 0. The van der Waals surface area contributed by atoms with E-state index in [1.807, 2.05) is 18.2 Å². The second-order valence-corrected chi connectivity index (χ2v) is 4.23. The van der Waals surface area contributed by atoms with Crippen LogP contribution < -0.4 is 5.73 Å². The molecule has 0 radical (unpaired) electrons. The number of oxazole rings is 1. The second kappa shape index (κ2) is 3.96. The Bertz CT molecular complexity index is 738. The van der Waals surface area contributed by atoms with Gasteiger partial charge in [-0.2, -0.15) is 9.97 Å². The van der Waals surface area contributed by atoms with Crippen LogP contribution in [0.2, 0.25) is 5.02 Å². The van der Waals surface area contributed by atoms with Gasteiger partial charge in [0.2, 0.25) is 17.5 Å². The lowest BCUT2D eigenvalue weighted by molar-refractivity contribution is 0.615. The number of rotatable bonds is 1. The first-order valence-corrected chi connectivity index (χ1v) is 5.68. The molecule has 2 heterocycles. The van der Waals surface area contributed by atoms with Gasteiger partial charge in [-0.3, -0.25) is 0 Å². The van der Waals surface area contributed by atoms with E-state index in [4.69, 9.17) is 21.8 Å². The average molecular weight is 261 g/mol. The van der Waals surface area contributed by atoms with Crippen molar-refractivity contribution in [3.63, 3.8) is 0 Å². The number of anilines is 1. The Morgan fingerprint density at radius 1 is 1.17 bits per heavy atom. The first-order chi connectivity index (χ1) is 8.65. The first-order valence-electron chi connectivity index (χ1n) is 5.30. The third-order valence-electron chi connectivity index (χ3n) is 2.54. The predicted molar refractivity (Wildman–Crippen MR) is 69.2 cm³/mol. The molecular formula is C12H9ClN4O. The maximum atomic E-state index is 6.10. The Morgan fingerprint density at radius 3 is 2.72 bits per heavy atom. The van der Waals surface area contributed by atoms with Gasteiger partial charge in [0.25, 0.3) is 0 Å². The quantitative estimate of drug-likeness (QED) is 0.728. The normalized spacial score (nSPS) is 11.0. The van der Waals surface area contributed by atoms with Crippen molar-refractivity contribution in [3.05, 3.63) is 35.0 Å². The average Bonchev–Trinajstić information content (AvgIpc) is 2.73. The fourth-order valence-electron chi connectivity index (χ4n) is 1.73. The lowest BCUT2D eigenvalue weighted by atomic mass is 10.2. The Labute approximate surface area is 108 Å². The maximum absolute atomic E-state index is 6.10. The Morgan fingerprint density at radius 2 is 1.94 bits per heavy atom. The van der Waals surface area contributed by atoms with E-state index in [-0.39, 0.29) is 5.95 Å². The Kier molecular flexibility index (Phi) is 2.41. The van der Waals surface area contributed by atoms with Gasteiger partial charge in [0.1, 0.15) is 0 Å². The topological polar surface area (TPSA) is 77.8 Å². The van der Waals surface area contributed by atoms with Crippen molar-refractivity contribution in [2.24, 2.45) is 0 Å². The third kappa shape index (κ3) is 1.69. The van der Waals surface area contributed by atoms with E-state index in [2.05, 4.69) is 15.0 Å². The van der Waals surface area contributed by atoms with Crippen LogP contribution in [0.3, 0.4) is 0 Å². The molecule has 2 aromatic heterocycles. The molecule has 0 aliphatic rings. The van der Waals surface area contributed by atoms with E-state index in [0.717, 1.165) is 5.56 Å². The van der Waals surface area contributed by atoms with Crippen LogP contribution in [0.25, 0.3) is 22.7 Å². The first kappa shape index (κ1) is 11.0. The van der Waals surface area contributed by atoms with Gasteiger partial charge in [0, 0.05) is 0 Å². The molecule has 0 unspecified atom stereocenters. The molecule has 0 amide bonds. The largest absolute Gasteiger partial charge is 0.432 e. The van der Waals surface area contributed by atoms with Crippen LogP contribution >= 0.6 is 11.6 Å². The highest BCUT2D eigenvalue weighted by atomic mass is 35.5. The zero-order chi connectivity index (χ0) is 12.7. The molecule has 18 heavy (non-hydrogen) atoms. The Balaban J connectivity index is 2.26. The zero-order valence-corrected chi connectivity index (χ0v) is 10.3. The van der Waals surface area contributed by atoms with Crippen molar-refractivity contribution in [3.8, 4) is 11.5 Å². The molecule has 5 nitrogen and oxygen atoms in total. The summed E-state index contributed by atoms with van der Waals surface area (Å²) in [5, 5.41) is 0.572. The van der Waals surface area contributed by atoms with E-state index in [0.29, 0.717) is 27.8 Å². The molecule has 1 aromatic carbocycles. The Hall–Kier alpha value is -2.14. The molecule has 2 N–H and O–H groups in total. The predicted octanol–water partition coefficient (Wildman–Crippen LogP) is 2.83. The SMILES string of the molecule is Cc1nc(N)nc2nc(-c3ccccc3Cl)oc12. The van der Waals surface area contributed by atoms with Crippen molar-refractivity contribution in [2.75, 3.05) is 5.73 Å². The number of nitrogen functional groups attached to an aromatic ring is 1. The van der Waals surface area contributed by atoms with E-state index in [9.17, 15) is 0 Å². The van der Waals surface area contributed by atoms with E-state index in [1.165, 1.54) is 0 Å². The van der Waals surface area contributed by atoms with Crippen LogP contribution in [0.4, 0.5) is 5.95 Å². The molecular weight excluding hydrogens is 252 g/mol. The van der Waals surface area contributed by atoms with Crippen molar-refractivity contribution in [2.45, 2.75) is 6.92 Å². The number of halogens is 1. The third-order valence-corrected chi connectivity index (χ3v) is 2.87. The van der Waals surface area contributed by atoms with Crippen LogP contribution in [0.5, 0.6) is 0 Å². The number of hydrogen-bond donors (Lipinski definition) is 1. The molecule has 0 aliphatic carbocycles. The molecule has 0 bridgehead atoms. The van der Waals surface area contributed by atoms with Gasteiger partial charge in [-0.25, -0.2) is 4.98 Å². The molecule has 90 valence electrons. The van der Waals surface area contributed by atoms with Crippen molar-refractivity contribution >= 4 is 28.8 Å². The smallest absolute Gasteiger partial charge is 0.230 e. The highest BCUT2D eigenvalue weighted by Crippen LogP contribution is 2.29. The van der Waals surface area contributed by atoms with Gasteiger partial charge in [-0.05, 0) is 19.1 Å². The molecule has 0 aliphatic heterocycles. The zero-order valence-electron chi connectivity index (χ0n) is 9.51. The standard InChI is InChI=1S/C12H9ClN4O/c1-6-9-10(17-12(14)15-6)16-11(18-9)7-4-2-3-5-8(7)13/h2-5H,1H3,(H2,14,15,17). The van der Waals surface area contributed by atoms with Gasteiger partial charge in [-0.1, -0.05) is 23.7 Å². The maximum Gasteiger partial charge on any atom is 0.230 e. The summed E-state index contributed by atoms with van der Waals surface area (Å²) >= 11 is 6.10. The summed E-state index contributed by atoms with van der Waals surface area (Å²) in [6.45, 7) is 1.79. The molecule has 0 spiro atoms. The minimum absolute atomic E-state index is 0.180. The summed E-state index contributed by atoms with van der Waals surface area (Å²) in [5.74, 6) is 0.595. The second-order valence-electron chi connectivity index (χ2n) is 3.82. The molecule has 6 heteroatoms. The monoisotopic (exact) mass is 260 g/mol. The minimum atomic E-state index is 0.180. The number of aromatic nitrogens is 3. The minimum Gasteiger partial charge on any atom is -0.432 e. The fraction of sp³-hybridized carbons (Fsp3) is 0.0833. The van der Waals surface area contributed by atoms with Gasteiger partial charge >= 0.3 is 0 Å². The summed E-state index contributed by atoms with van der Waals surface area (Å²) in [4.78, 5) is 12.3.